The summed E-state index contributed by atoms with van der Waals surface area (Å²) in [5, 5.41) is 8.89. The second kappa shape index (κ2) is 6.48. The molecule has 25 heavy (non-hydrogen) atoms. The van der Waals surface area contributed by atoms with Crippen molar-refractivity contribution in [3.05, 3.63) is 65.0 Å². The number of pyridine rings is 1. The van der Waals surface area contributed by atoms with Crippen LogP contribution < -0.4 is 5.56 Å². The summed E-state index contributed by atoms with van der Waals surface area (Å²) in [6, 6.07) is 10.9. The lowest BCUT2D eigenvalue weighted by atomic mass is 10.2. The normalized spacial score (nSPS) is 12.4. The zero-order chi connectivity index (χ0) is 17.2. The first-order chi connectivity index (χ1) is 12.2. The molecule has 8 heteroatoms. The highest BCUT2D eigenvalue weighted by molar-refractivity contribution is 7.99. The Kier molecular flexibility index (Phi) is 4.02. The summed E-state index contributed by atoms with van der Waals surface area (Å²) >= 11 is 1.34. The van der Waals surface area contributed by atoms with Crippen molar-refractivity contribution in [3.8, 4) is 11.5 Å². The summed E-state index contributed by atoms with van der Waals surface area (Å²) in [6.45, 7) is 1.92. The molecule has 0 saturated carbocycles. The van der Waals surface area contributed by atoms with E-state index in [9.17, 15) is 4.79 Å². The number of aromatic amines is 1. The molecule has 0 radical (unpaired) electrons. The Hall–Kier alpha value is -3.00. The smallest absolute Gasteiger partial charge is 0.277 e. The van der Waals surface area contributed by atoms with Crippen molar-refractivity contribution < 1.29 is 4.42 Å². The predicted molar refractivity (Wildman–Crippen MR) is 94.2 cm³/mol. The fourth-order valence-corrected chi connectivity index (χ4v) is 3.11. The highest BCUT2D eigenvalue weighted by Gasteiger charge is 2.17. The van der Waals surface area contributed by atoms with Crippen LogP contribution in [0.2, 0.25) is 0 Å². The van der Waals surface area contributed by atoms with Crippen LogP contribution >= 0.6 is 11.8 Å². The Morgan fingerprint density at radius 1 is 1.16 bits per heavy atom. The minimum Gasteiger partial charge on any atom is -0.411 e. The number of aromatic nitrogens is 5. The first kappa shape index (κ1) is 15.5. The number of para-hydroxylation sites is 1. The van der Waals surface area contributed by atoms with Gasteiger partial charge in [0.05, 0.1) is 21.7 Å². The highest BCUT2D eigenvalue weighted by Crippen LogP contribution is 2.33. The standard InChI is InChI=1S/C17H13N5O2S/c1-10(14-19-13-7-3-2-6-12(13)15(23)20-14)25-17-22-21-16(24-17)11-5-4-8-18-9-11/h2-10H,1H3,(H,19,20,23)/t10-/m0/s1. The number of hydrogen-bond acceptors (Lipinski definition) is 7. The first-order valence-electron chi connectivity index (χ1n) is 7.60. The summed E-state index contributed by atoms with van der Waals surface area (Å²) < 4.78 is 5.66. The molecule has 4 rings (SSSR count). The van der Waals surface area contributed by atoms with Gasteiger partial charge in [-0.05, 0) is 31.2 Å². The summed E-state index contributed by atoms with van der Waals surface area (Å²) in [6.07, 6.45) is 3.34. The van der Waals surface area contributed by atoms with Crippen molar-refractivity contribution in [2.45, 2.75) is 17.4 Å². The number of hydrogen-bond donors (Lipinski definition) is 1. The second-order valence-electron chi connectivity index (χ2n) is 5.34. The molecular formula is C17H13N5O2S. The van der Waals surface area contributed by atoms with E-state index in [4.69, 9.17) is 4.42 Å². The molecule has 1 N–H and O–H groups in total. The van der Waals surface area contributed by atoms with E-state index in [2.05, 4.69) is 25.1 Å². The molecule has 0 amide bonds. The lowest BCUT2D eigenvalue weighted by Gasteiger charge is -2.08. The van der Waals surface area contributed by atoms with E-state index >= 15 is 0 Å². The lowest BCUT2D eigenvalue weighted by molar-refractivity contribution is 0.464. The zero-order valence-corrected chi connectivity index (χ0v) is 14.0. The molecule has 4 aromatic rings. The number of rotatable bonds is 4. The third-order valence-electron chi connectivity index (χ3n) is 3.61. The van der Waals surface area contributed by atoms with Crippen molar-refractivity contribution in [1.29, 1.82) is 0 Å². The maximum Gasteiger partial charge on any atom is 0.277 e. The number of benzene rings is 1. The van der Waals surface area contributed by atoms with Gasteiger partial charge >= 0.3 is 0 Å². The van der Waals surface area contributed by atoms with Gasteiger partial charge in [0.25, 0.3) is 10.8 Å². The molecule has 0 spiro atoms. The number of nitrogens with zero attached hydrogens (tertiary/aromatic N) is 4. The van der Waals surface area contributed by atoms with Gasteiger partial charge in [0.15, 0.2) is 0 Å². The Morgan fingerprint density at radius 3 is 2.88 bits per heavy atom. The molecule has 0 bridgehead atoms. The molecule has 0 aliphatic carbocycles. The average Bonchev–Trinajstić information content (AvgIpc) is 3.11. The van der Waals surface area contributed by atoms with Gasteiger partial charge in [0, 0.05) is 12.4 Å². The minimum absolute atomic E-state index is 0.153. The van der Waals surface area contributed by atoms with Crippen molar-refractivity contribution >= 4 is 22.7 Å². The van der Waals surface area contributed by atoms with E-state index in [0.717, 1.165) is 5.56 Å². The number of fused-ring (bicyclic) bond motifs is 1. The number of nitrogens with one attached hydrogen (secondary N) is 1. The maximum absolute atomic E-state index is 12.2. The molecule has 1 aromatic carbocycles. The largest absolute Gasteiger partial charge is 0.411 e. The molecule has 0 unspecified atom stereocenters. The van der Waals surface area contributed by atoms with E-state index in [-0.39, 0.29) is 10.8 Å². The summed E-state index contributed by atoms with van der Waals surface area (Å²) in [5.74, 6) is 0.970. The van der Waals surface area contributed by atoms with Crippen molar-refractivity contribution in [3.63, 3.8) is 0 Å². The Balaban J connectivity index is 1.59. The van der Waals surface area contributed by atoms with Crippen molar-refractivity contribution in [2.75, 3.05) is 0 Å². The van der Waals surface area contributed by atoms with E-state index in [1.54, 1.807) is 24.5 Å². The van der Waals surface area contributed by atoms with Crippen LogP contribution in [-0.2, 0) is 0 Å². The highest BCUT2D eigenvalue weighted by atomic mass is 32.2. The minimum atomic E-state index is -0.158. The first-order valence-corrected chi connectivity index (χ1v) is 8.48. The van der Waals surface area contributed by atoms with Crippen LogP contribution in [0.5, 0.6) is 0 Å². The lowest BCUT2D eigenvalue weighted by Crippen LogP contribution is -2.12. The number of H-pyrrole nitrogens is 1. The van der Waals surface area contributed by atoms with Crippen LogP contribution in [0.3, 0.4) is 0 Å². The van der Waals surface area contributed by atoms with Crippen LogP contribution in [-0.4, -0.2) is 25.1 Å². The second-order valence-corrected chi connectivity index (χ2v) is 6.64. The molecule has 124 valence electrons. The molecule has 0 fully saturated rings. The van der Waals surface area contributed by atoms with Gasteiger partial charge < -0.3 is 9.40 Å². The van der Waals surface area contributed by atoms with Crippen LogP contribution in [0.15, 0.2) is 63.2 Å². The Labute approximate surface area is 146 Å². The van der Waals surface area contributed by atoms with E-state index < -0.39 is 0 Å². The topological polar surface area (TPSA) is 97.6 Å². The SMILES string of the molecule is C[C@H](Sc1nnc(-c2cccnc2)o1)c1nc2ccccc2c(=O)[nH]1. The summed E-state index contributed by atoms with van der Waals surface area (Å²) in [5.41, 5.74) is 1.26. The molecule has 3 aromatic heterocycles. The average molecular weight is 351 g/mol. The van der Waals surface area contributed by atoms with Gasteiger partial charge in [0.2, 0.25) is 5.89 Å². The molecule has 0 aliphatic rings. The van der Waals surface area contributed by atoms with E-state index in [0.29, 0.717) is 27.8 Å². The van der Waals surface area contributed by atoms with Gasteiger partial charge in [0.1, 0.15) is 5.82 Å². The van der Waals surface area contributed by atoms with E-state index in [1.807, 2.05) is 31.2 Å². The molecule has 0 aliphatic heterocycles. The molecule has 0 saturated heterocycles. The van der Waals surface area contributed by atoms with Gasteiger partial charge in [-0.3, -0.25) is 9.78 Å². The van der Waals surface area contributed by atoms with Crippen molar-refractivity contribution in [1.82, 2.24) is 25.1 Å². The maximum atomic E-state index is 12.2. The fourth-order valence-electron chi connectivity index (χ4n) is 2.37. The third kappa shape index (κ3) is 3.16. The van der Waals surface area contributed by atoms with Crippen LogP contribution in [0.1, 0.15) is 18.0 Å². The quantitative estimate of drug-likeness (QED) is 0.564. The van der Waals surface area contributed by atoms with Gasteiger partial charge in [-0.25, -0.2) is 4.98 Å². The van der Waals surface area contributed by atoms with Gasteiger partial charge in [-0.15, -0.1) is 10.2 Å². The van der Waals surface area contributed by atoms with Crippen LogP contribution in [0.25, 0.3) is 22.4 Å². The fraction of sp³-hybridized carbons (Fsp3) is 0.118. The third-order valence-corrected chi connectivity index (χ3v) is 4.55. The van der Waals surface area contributed by atoms with Gasteiger partial charge in [-0.2, -0.15) is 0 Å². The van der Waals surface area contributed by atoms with Crippen LogP contribution in [0, 0.1) is 0 Å². The zero-order valence-electron chi connectivity index (χ0n) is 13.2. The van der Waals surface area contributed by atoms with Crippen molar-refractivity contribution in [2.24, 2.45) is 0 Å². The predicted octanol–water partition coefficient (Wildman–Crippen LogP) is 3.22. The van der Waals surface area contributed by atoms with Crippen LogP contribution in [0.4, 0.5) is 0 Å². The Bertz CT molecular complexity index is 1080. The molecular weight excluding hydrogens is 338 g/mol. The Morgan fingerprint density at radius 2 is 2.04 bits per heavy atom. The van der Waals surface area contributed by atoms with Gasteiger partial charge in [-0.1, -0.05) is 23.9 Å². The molecule has 3 heterocycles. The molecule has 7 nitrogen and oxygen atoms in total. The molecule has 1 atom stereocenters. The number of thioether (sulfide) groups is 1. The summed E-state index contributed by atoms with van der Waals surface area (Å²) in [4.78, 5) is 23.6. The monoisotopic (exact) mass is 351 g/mol. The summed E-state index contributed by atoms with van der Waals surface area (Å²) in [7, 11) is 0. The van der Waals surface area contributed by atoms with E-state index in [1.165, 1.54) is 11.8 Å².